The Morgan fingerprint density at radius 1 is 0.831 bits per heavy atom. The number of hydrogen-bond acceptors (Lipinski definition) is 16. The van der Waals surface area contributed by atoms with Gasteiger partial charge in [0.1, 0.15) is 54.1 Å². The van der Waals surface area contributed by atoms with Gasteiger partial charge in [0.25, 0.3) is 11.8 Å². The number of ether oxygens (including phenoxy) is 1. The fourth-order valence-corrected chi connectivity index (χ4v) is 10.2. The zero-order chi connectivity index (χ0) is 53.4. The zero-order valence-corrected chi connectivity index (χ0v) is 42.4. The minimum absolute atomic E-state index is 0.0157. The van der Waals surface area contributed by atoms with Crippen LogP contribution in [0.4, 0.5) is 36.4 Å². The van der Waals surface area contributed by atoms with Crippen LogP contribution in [0.1, 0.15) is 69.9 Å². The molecule has 4 N–H and O–H groups in total. The zero-order valence-electron chi connectivity index (χ0n) is 42.4. The third-order valence-corrected chi connectivity index (χ3v) is 14.0. The second-order valence-electron chi connectivity index (χ2n) is 19.2. The number of aliphatic hydroxyl groups excluding tert-OH is 1. The molecule has 396 valence electrons. The van der Waals surface area contributed by atoms with Crippen LogP contribution in [0.25, 0.3) is 45.2 Å². The summed E-state index contributed by atoms with van der Waals surface area (Å²) < 4.78 is 54.1. The molecule has 2 atom stereocenters. The van der Waals surface area contributed by atoms with Crippen LogP contribution in [-0.4, -0.2) is 127 Å². The highest BCUT2D eigenvalue weighted by Gasteiger charge is 2.43. The lowest BCUT2D eigenvalue weighted by atomic mass is 9.99. The number of fused-ring (bicyclic) bond motifs is 1. The van der Waals surface area contributed by atoms with Crippen molar-refractivity contribution in [3.8, 4) is 51.0 Å². The van der Waals surface area contributed by atoms with Gasteiger partial charge in [-0.2, -0.15) is 23.3 Å². The number of alkyl halides is 3. The number of aromatic nitrogens is 12. The van der Waals surface area contributed by atoms with Crippen molar-refractivity contribution in [2.75, 3.05) is 66.8 Å². The Labute approximate surface area is 439 Å². The Morgan fingerprint density at radius 2 is 1.58 bits per heavy atom. The van der Waals surface area contributed by atoms with Crippen molar-refractivity contribution in [1.82, 2.24) is 64.1 Å². The Bertz CT molecular complexity index is 3500. The van der Waals surface area contributed by atoms with E-state index < -0.39 is 23.6 Å². The fraction of sp³-hybridized carbons (Fsp3) is 0.340. The first-order valence-corrected chi connectivity index (χ1v) is 25.4. The molecular weight excluding hydrogens is 996 g/mol. The Balaban J connectivity index is 0.866. The lowest BCUT2D eigenvalue weighted by Gasteiger charge is -2.19. The number of amides is 2. The summed E-state index contributed by atoms with van der Waals surface area (Å²) >= 11 is 0. The minimum Gasteiger partial charge on any atom is -0.476 e. The van der Waals surface area contributed by atoms with Crippen LogP contribution in [0, 0.1) is 5.92 Å². The van der Waals surface area contributed by atoms with Crippen molar-refractivity contribution >= 4 is 35.1 Å². The summed E-state index contributed by atoms with van der Waals surface area (Å²) in [6.07, 6.45) is 3.31. The number of nitrogens with one attached hydrogen (secondary N) is 3. The number of nitrogens with zero attached hydrogens (tertiary/aromatic N) is 14. The van der Waals surface area contributed by atoms with Crippen molar-refractivity contribution < 1.29 is 32.6 Å². The summed E-state index contributed by atoms with van der Waals surface area (Å²) in [6.45, 7) is 5.69. The van der Waals surface area contributed by atoms with Crippen LogP contribution in [0.15, 0.2) is 91.6 Å². The number of halogens is 3. The smallest absolute Gasteiger partial charge is 0.416 e. The van der Waals surface area contributed by atoms with Crippen LogP contribution in [0.5, 0.6) is 5.88 Å². The standard InChI is InChI=1S/C53H54F3N17O4/c1-4-57-42-22-32(47-38(26-61-70(47)3)49-67-59-29-69(49)2)23-44(63-42)65-51(75)41-25-46(77-19-17-71-15-7-8-16-71)66-48(62-41)37-20-33(37)27-72-30-60-68-50(72)35-11-6-5-10-34(35)31-21-43(58-14-18-74)64-45(24-31)73-28-39-36(52(73)76)12-9-13-40(39)53(54,55)56/h5-6,9-13,21-26,29-30,33,37,74H,4,7-8,14-20,27-28H2,1-3H3,(H,58,64)(H2,57,63,65,75). The summed E-state index contributed by atoms with van der Waals surface area (Å²) in [5.41, 5.74) is 3.27. The SMILES string of the molecule is CCNc1cc(-c2c(-c3nncn3C)cnn2C)cc(NC(=O)c2cc(OCCN3CCCC3)nc(C3CC3Cn3cnnc3-c3ccccc3-c3cc(NCCO)nc(N4Cc5c(cccc5C(F)(F)F)C4=O)c3)n2)n1. The number of anilines is 4. The minimum atomic E-state index is -4.66. The molecular formula is C53H54F3N17O4. The van der Waals surface area contributed by atoms with Gasteiger partial charge in [0.05, 0.1) is 36.2 Å². The van der Waals surface area contributed by atoms with Gasteiger partial charge in [0.2, 0.25) is 5.88 Å². The van der Waals surface area contributed by atoms with Crippen molar-refractivity contribution in [3.63, 3.8) is 0 Å². The number of aryl methyl sites for hydroxylation is 2. The summed E-state index contributed by atoms with van der Waals surface area (Å²) in [7, 11) is 3.69. The number of benzene rings is 2. The fourth-order valence-electron chi connectivity index (χ4n) is 10.2. The third-order valence-electron chi connectivity index (χ3n) is 14.0. The van der Waals surface area contributed by atoms with E-state index in [0.29, 0.717) is 78.5 Å². The molecule has 2 aliphatic heterocycles. The molecule has 8 aromatic rings. The van der Waals surface area contributed by atoms with E-state index in [1.165, 1.54) is 17.0 Å². The maximum Gasteiger partial charge on any atom is 0.416 e. The first-order chi connectivity index (χ1) is 37.3. The Hall–Kier alpha value is -8.64. The first kappa shape index (κ1) is 50.5. The molecule has 3 aliphatic rings. The van der Waals surface area contributed by atoms with Crippen LogP contribution < -0.4 is 25.6 Å². The number of pyridine rings is 2. The highest BCUT2D eigenvalue weighted by atomic mass is 19.4. The quantitative estimate of drug-likeness (QED) is 0.0642. The lowest BCUT2D eigenvalue weighted by molar-refractivity contribution is -0.138. The van der Waals surface area contributed by atoms with Gasteiger partial charge in [0, 0.05) is 68.9 Å². The van der Waals surface area contributed by atoms with Gasteiger partial charge in [-0.25, -0.2) is 15.0 Å². The molecule has 77 heavy (non-hydrogen) atoms. The van der Waals surface area contributed by atoms with Crippen LogP contribution in [-0.2, 0) is 33.4 Å². The highest BCUT2D eigenvalue weighted by Crippen LogP contribution is 2.48. The van der Waals surface area contributed by atoms with E-state index in [1.807, 2.05) is 60.5 Å². The summed E-state index contributed by atoms with van der Waals surface area (Å²) in [5.74, 6) is 1.92. The number of aliphatic hydroxyl groups is 1. The Morgan fingerprint density at radius 3 is 2.36 bits per heavy atom. The third kappa shape index (κ3) is 10.5. The molecule has 1 saturated carbocycles. The van der Waals surface area contributed by atoms with Crippen molar-refractivity contribution in [3.05, 3.63) is 120 Å². The van der Waals surface area contributed by atoms with E-state index >= 15 is 0 Å². The maximum absolute atomic E-state index is 14.4. The molecule has 0 bridgehead atoms. The molecule has 8 heterocycles. The molecule has 24 heteroatoms. The highest BCUT2D eigenvalue weighted by molar-refractivity contribution is 6.10. The van der Waals surface area contributed by atoms with Gasteiger partial charge < -0.3 is 34.9 Å². The lowest BCUT2D eigenvalue weighted by Crippen LogP contribution is -2.25. The summed E-state index contributed by atoms with van der Waals surface area (Å²) in [4.78, 5) is 50.8. The van der Waals surface area contributed by atoms with E-state index in [4.69, 9.17) is 19.7 Å². The molecule has 1 aliphatic carbocycles. The molecule has 6 aromatic heterocycles. The summed E-state index contributed by atoms with van der Waals surface area (Å²) in [6, 6.07) is 19.7. The van der Waals surface area contributed by atoms with E-state index in [2.05, 4.69) is 51.3 Å². The molecule has 2 amide bonds. The van der Waals surface area contributed by atoms with Gasteiger partial charge in [-0.3, -0.25) is 24.1 Å². The second kappa shape index (κ2) is 21.2. The maximum atomic E-state index is 14.4. The monoisotopic (exact) mass is 1050 g/mol. The average Bonchev–Trinajstić information content (AvgIpc) is 4.10. The topological polar surface area (TPSA) is 237 Å². The number of carbonyl (C=O) groups is 2. The van der Waals surface area contributed by atoms with Gasteiger partial charge in [-0.1, -0.05) is 30.3 Å². The first-order valence-electron chi connectivity index (χ1n) is 25.4. The predicted molar refractivity (Wildman–Crippen MR) is 279 cm³/mol. The molecule has 2 fully saturated rings. The van der Waals surface area contributed by atoms with E-state index in [-0.39, 0.29) is 65.9 Å². The molecule has 2 unspecified atom stereocenters. The van der Waals surface area contributed by atoms with Crippen LogP contribution >= 0.6 is 0 Å². The predicted octanol–water partition coefficient (Wildman–Crippen LogP) is 6.93. The Kier molecular flexibility index (Phi) is 13.9. The van der Waals surface area contributed by atoms with Crippen LogP contribution in [0.3, 0.4) is 0 Å². The van der Waals surface area contributed by atoms with Gasteiger partial charge in [-0.05, 0) is 98.3 Å². The van der Waals surface area contributed by atoms with Crippen molar-refractivity contribution in [2.45, 2.75) is 51.4 Å². The molecule has 1 saturated heterocycles. The van der Waals surface area contributed by atoms with Gasteiger partial charge in [-0.15, -0.1) is 20.4 Å². The normalized spacial score (nSPS) is 16.2. The molecule has 21 nitrogen and oxygen atoms in total. The summed E-state index contributed by atoms with van der Waals surface area (Å²) in [5, 5.41) is 40.8. The molecule has 0 radical (unpaired) electrons. The van der Waals surface area contributed by atoms with Crippen LogP contribution in [0.2, 0.25) is 0 Å². The van der Waals surface area contributed by atoms with Gasteiger partial charge in [0.15, 0.2) is 11.6 Å². The van der Waals surface area contributed by atoms with Gasteiger partial charge >= 0.3 is 6.18 Å². The van der Waals surface area contributed by atoms with Crippen molar-refractivity contribution in [1.29, 1.82) is 0 Å². The number of carbonyl (C=O) groups excluding carboxylic acids is 2. The molecule has 0 spiro atoms. The number of likely N-dealkylation sites (tertiary alicyclic amines) is 1. The largest absolute Gasteiger partial charge is 0.476 e. The van der Waals surface area contributed by atoms with E-state index in [1.54, 1.807) is 47.8 Å². The van der Waals surface area contributed by atoms with Crippen molar-refractivity contribution in [2.24, 2.45) is 20.0 Å². The average molecular weight is 1050 g/mol. The number of rotatable bonds is 19. The number of hydrogen-bond donors (Lipinski definition) is 4. The van der Waals surface area contributed by atoms with E-state index in [0.717, 1.165) is 48.8 Å². The van der Waals surface area contributed by atoms with E-state index in [9.17, 15) is 27.9 Å². The molecule has 2 aromatic carbocycles. The molecule has 11 rings (SSSR count). The second-order valence-corrected chi connectivity index (χ2v) is 19.2.